The highest BCUT2D eigenvalue weighted by Gasteiger charge is 2.29. The van der Waals surface area contributed by atoms with Crippen molar-refractivity contribution in [2.45, 2.75) is 25.1 Å². The van der Waals surface area contributed by atoms with E-state index in [0.717, 1.165) is 5.56 Å². The molecule has 2 rings (SSSR count). The maximum Gasteiger partial charge on any atom is 0.407 e. The van der Waals surface area contributed by atoms with Crippen molar-refractivity contribution in [1.82, 2.24) is 10.2 Å². The molecule has 1 aromatic rings. The zero-order valence-electron chi connectivity index (χ0n) is 10.1. The summed E-state index contributed by atoms with van der Waals surface area (Å²) in [6.07, 6.45) is -0.963. The molecule has 98 valence electrons. The smallest absolute Gasteiger partial charge is 0.407 e. The number of aliphatic hydroxyl groups is 1. The summed E-state index contributed by atoms with van der Waals surface area (Å²) in [4.78, 5) is 12.0. The number of carbonyl (C=O) groups is 1. The maximum absolute atomic E-state index is 10.8. The van der Waals surface area contributed by atoms with E-state index in [1.165, 1.54) is 4.90 Å². The van der Waals surface area contributed by atoms with E-state index >= 15 is 0 Å². The predicted molar refractivity (Wildman–Crippen MR) is 67.3 cm³/mol. The number of piperidine rings is 1. The molecule has 0 aliphatic carbocycles. The van der Waals surface area contributed by atoms with E-state index in [-0.39, 0.29) is 12.6 Å². The molecule has 1 aromatic carbocycles. The molecule has 1 unspecified atom stereocenters. The number of hydrogen-bond donors (Lipinski definition) is 3. The summed E-state index contributed by atoms with van der Waals surface area (Å²) < 4.78 is 0. The molecule has 1 amide bonds. The summed E-state index contributed by atoms with van der Waals surface area (Å²) in [6.45, 7) is 1.34. The zero-order valence-corrected chi connectivity index (χ0v) is 10.1. The molecule has 0 spiro atoms. The third-order valence-corrected chi connectivity index (χ3v) is 3.26. The average Bonchev–Trinajstić information content (AvgIpc) is 2.38. The fourth-order valence-corrected chi connectivity index (χ4v) is 2.19. The van der Waals surface area contributed by atoms with Crippen molar-refractivity contribution in [3.8, 4) is 0 Å². The van der Waals surface area contributed by atoms with Crippen LogP contribution in [-0.4, -0.2) is 46.4 Å². The van der Waals surface area contributed by atoms with Crippen molar-refractivity contribution in [3.05, 3.63) is 35.9 Å². The Bertz CT molecular complexity index is 396. The molecule has 2 atom stereocenters. The third kappa shape index (κ3) is 3.21. The van der Waals surface area contributed by atoms with Crippen LogP contribution >= 0.6 is 0 Å². The highest BCUT2D eigenvalue weighted by molar-refractivity contribution is 5.65. The van der Waals surface area contributed by atoms with Crippen molar-refractivity contribution in [2.75, 3.05) is 13.1 Å². The van der Waals surface area contributed by atoms with Crippen LogP contribution in [0.3, 0.4) is 0 Å². The van der Waals surface area contributed by atoms with Crippen LogP contribution in [-0.2, 0) is 6.54 Å². The van der Waals surface area contributed by atoms with Gasteiger partial charge in [0.25, 0.3) is 0 Å². The predicted octanol–water partition coefficient (Wildman–Crippen LogP) is 0.889. The van der Waals surface area contributed by atoms with Gasteiger partial charge in [-0.1, -0.05) is 30.3 Å². The third-order valence-electron chi connectivity index (χ3n) is 3.26. The topological polar surface area (TPSA) is 72.8 Å². The number of likely N-dealkylation sites (tertiary alicyclic amines) is 1. The number of aliphatic hydroxyl groups excluding tert-OH is 1. The first-order valence-corrected chi connectivity index (χ1v) is 6.10. The fraction of sp³-hybridized carbons (Fsp3) is 0.462. The number of carboxylic acid groups (broad SMARTS) is 1. The van der Waals surface area contributed by atoms with Gasteiger partial charge in [-0.25, -0.2) is 4.79 Å². The molecule has 1 aliphatic rings. The molecule has 1 fully saturated rings. The Morgan fingerprint density at radius 3 is 2.72 bits per heavy atom. The maximum atomic E-state index is 10.8. The van der Waals surface area contributed by atoms with Crippen LogP contribution in [0.25, 0.3) is 0 Å². The summed E-state index contributed by atoms with van der Waals surface area (Å²) >= 11 is 0. The first kappa shape index (κ1) is 12.9. The van der Waals surface area contributed by atoms with Crippen LogP contribution in [0.2, 0.25) is 0 Å². The van der Waals surface area contributed by atoms with E-state index < -0.39 is 12.2 Å². The molecule has 0 bridgehead atoms. The number of nitrogens with zero attached hydrogens (tertiary/aromatic N) is 1. The lowest BCUT2D eigenvalue weighted by atomic mass is 10.0. The molecular weight excluding hydrogens is 232 g/mol. The lowest BCUT2D eigenvalue weighted by molar-refractivity contribution is 0.0407. The van der Waals surface area contributed by atoms with Crippen molar-refractivity contribution >= 4 is 6.09 Å². The number of β-amino-alcohol motifs (C(OH)–C–C–N with tert-alkyl or cyclic N) is 1. The Kier molecular flexibility index (Phi) is 4.17. The molecule has 1 heterocycles. The SMILES string of the molecule is O=C(O)N1CCC(NCc2ccccc2)[C@@H](O)C1. The van der Waals surface area contributed by atoms with Gasteiger partial charge in [-0.05, 0) is 12.0 Å². The quantitative estimate of drug-likeness (QED) is 0.745. The normalized spacial score (nSPS) is 23.9. The van der Waals surface area contributed by atoms with Crippen LogP contribution < -0.4 is 5.32 Å². The molecule has 1 aliphatic heterocycles. The first-order valence-electron chi connectivity index (χ1n) is 6.10. The number of amides is 1. The van der Waals surface area contributed by atoms with Crippen LogP contribution in [0.4, 0.5) is 4.79 Å². The van der Waals surface area contributed by atoms with Crippen LogP contribution in [0.15, 0.2) is 30.3 Å². The second kappa shape index (κ2) is 5.84. The van der Waals surface area contributed by atoms with Gasteiger partial charge in [-0.15, -0.1) is 0 Å². The Labute approximate surface area is 106 Å². The van der Waals surface area contributed by atoms with Gasteiger partial charge in [0.1, 0.15) is 0 Å². The minimum absolute atomic E-state index is 0.0409. The highest BCUT2D eigenvalue weighted by Crippen LogP contribution is 2.12. The molecule has 0 aromatic heterocycles. The van der Waals surface area contributed by atoms with Gasteiger partial charge in [0.05, 0.1) is 12.6 Å². The Hall–Kier alpha value is -1.59. The molecule has 0 radical (unpaired) electrons. The van der Waals surface area contributed by atoms with Crippen molar-refractivity contribution in [3.63, 3.8) is 0 Å². The van der Waals surface area contributed by atoms with E-state index in [1.54, 1.807) is 0 Å². The lowest BCUT2D eigenvalue weighted by Gasteiger charge is -2.34. The minimum Gasteiger partial charge on any atom is -0.465 e. The summed E-state index contributed by atoms with van der Waals surface area (Å²) in [5, 5.41) is 22.0. The summed E-state index contributed by atoms with van der Waals surface area (Å²) in [5.74, 6) is 0. The van der Waals surface area contributed by atoms with Gasteiger partial charge in [-0.3, -0.25) is 0 Å². The number of benzene rings is 1. The van der Waals surface area contributed by atoms with Gasteiger partial charge in [-0.2, -0.15) is 0 Å². The van der Waals surface area contributed by atoms with Gasteiger partial charge < -0.3 is 20.4 Å². The van der Waals surface area contributed by atoms with Crippen molar-refractivity contribution in [1.29, 1.82) is 0 Å². The van der Waals surface area contributed by atoms with Gasteiger partial charge in [0, 0.05) is 19.1 Å². The van der Waals surface area contributed by atoms with E-state index in [2.05, 4.69) is 5.32 Å². The standard InChI is InChI=1S/C13H18N2O3/c16-12-9-15(13(17)18)7-6-11(12)14-8-10-4-2-1-3-5-10/h1-5,11-12,14,16H,6-9H2,(H,17,18)/t11?,12-/m0/s1. The van der Waals surface area contributed by atoms with Crippen LogP contribution in [0.1, 0.15) is 12.0 Å². The molecule has 18 heavy (non-hydrogen) atoms. The molecule has 1 saturated heterocycles. The van der Waals surface area contributed by atoms with Gasteiger partial charge in [0.2, 0.25) is 0 Å². The minimum atomic E-state index is -0.962. The molecule has 3 N–H and O–H groups in total. The van der Waals surface area contributed by atoms with E-state index in [1.807, 2.05) is 30.3 Å². The van der Waals surface area contributed by atoms with Crippen LogP contribution in [0.5, 0.6) is 0 Å². The Morgan fingerprint density at radius 2 is 2.11 bits per heavy atom. The van der Waals surface area contributed by atoms with Crippen molar-refractivity contribution < 1.29 is 15.0 Å². The average molecular weight is 250 g/mol. The second-order valence-corrected chi connectivity index (χ2v) is 4.56. The number of nitrogens with one attached hydrogen (secondary N) is 1. The summed E-state index contributed by atoms with van der Waals surface area (Å²) in [6, 6.07) is 9.91. The first-order chi connectivity index (χ1) is 8.66. The zero-order chi connectivity index (χ0) is 13.0. The summed E-state index contributed by atoms with van der Waals surface area (Å²) in [7, 11) is 0. The molecule has 5 heteroatoms. The van der Waals surface area contributed by atoms with E-state index in [0.29, 0.717) is 19.5 Å². The van der Waals surface area contributed by atoms with E-state index in [9.17, 15) is 9.90 Å². The Morgan fingerprint density at radius 1 is 1.39 bits per heavy atom. The Balaban J connectivity index is 1.83. The molecular formula is C13H18N2O3. The van der Waals surface area contributed by atoms with Crippen molar-refractivity contribution in [2.24, 2.45) is 0 Å². The summed E-state index contributed by atoms with van der Waals surface area (Å²) in [5.41, 5.74) is 1.16. The highest BCUT2D eigenvalue weighted by atomic mass is 16.4. The monoisotopic (exact) mass is 250 g/mol. The van der Waals surface area contributed by atoms with Crippen LogP contribution in [0, 0.1) is 0 Å². The molecule has 5 nitrogen and oxygen atoms in total. The van der Waals surface area contributed by atoms with E-state index in [4.69, 9.17) is 5.11 Å². The fourth-order valence-electron chi connectivity index (χ4n) is 2.19. The number of hydrogen-bond acceptors (Lipinski definition) is 3. The lowest BCUT2D eigenvalue weighted by Crippen LogP contribution is -2.53. The largest absolute Gasteiger partial charge is 0.465 e. The van der Waals surface area contributed by atoms with Gasteiger partial charge in [0.15, 0.2) is 0 Å². The number of rotatable bonds is 3. The van der Waals surface area contributed by atoms with Gasteiger partial charge >= 0.3 is 6.09 Å². The molecule has 0 saturated carbocycles. The second-order valence-electron chi connectivity index (χ2n) is 4.56.